The molecule has 1 fully saturated rings. The molecule has 4 rings (SSSR count). The highest BCUT2D eigenvalue weighted by molar-refractivity contribution is 7.99. The Morgan fingerprint density at radius 2 is 1.24 bits per heavy atom. The van der Waals surface area contributed by atoms with E-state index in [4.69, 9.17) is 23.4 Å². The van der Waals surface area contributed by atoms with Gasteiger partial charge in [-0.1, -0.05) is 87.5 Å². The summed E-state index contributed by atoms with van der Waals surface area (Å²) >= 11 is -0.271. The van der Waals surface area contributed by atoms with Crippen molar-refractivity contribution >= 4 is 49.3 Å². The molecule has 0 bridgehead atoms. The molecule has 1 saturated heterocycles. The van der Waals surface area contributed by atoms with Crippen LogP contribution in [0.3, 0.4) is 0 Å². The van der Waals surface area contributed by atoms with E-state index in [0.29, 0.717) is 12.4 Å². The molecule has 0 aromatic heterocycles. The summed E-state index contributed by atoms with van der Waals surface area (Å²) in [5.41, 5.74) is -0.242. The fraction of sp³-hybridized carbons (Fsp3) is 0.444. The van der Waals surface area contributed by atoms with Gasteiger partial charge in [0.2, 0.25) is 0 Å². The molecule has 10 nitrogen and oxygen atoms in total. The lowest BCUT2D eigenvalue weighted by Crippen LogP contribution is -2.66. The molecule has 0 saturated carbocycles. The second kappa shape index (κ2) is 21.0. The number of carbonyl (C=O) groups is 3. The van der Waals surface area contributed by atoms with E-state index >= 15 is 0 Å². The maximum Gasteiger partial charge on any atom is 0.338 e. The zero-order valence-corrected chi connectivity index (χ0v) is 37.5. The van der Waals surface area contributed by atoms with E-state index in [1.807, 2.05) is 26.8 Å². The quantitative estimate of drug-likeness (QED) is 0.0433. The van der Waals surface area contributed by atoms with Gasteiger partial charge in [0.05, 0.1) is 22.7 Å². The third-order valence-electron chi connectivity index (χ3n) is 10.2. The standard InChI is InChI=1S/C45H59NO9S2Si/c1-11-22-35(46-57(50)44(3,4)5)36-37(52-40(47)32-23-16-13-17-24-32)38(53-41(48)33-25-18-14-19-26-33)39(54-42(49)34-27-20-15-21-28-34)43(55-36)56-30-31(12-2)29-51-58(9,10)45(6,7)8/h11-21,23-28,31,35-39,43,46H,1-2,22,29-30H2,3-10H3/t31?,35?,36-,37+,38+,39-,43-,57-/m1/s1. The number of ether oxygens (including phenoxy) is 4. The molecule has 1 N–H and O–H groups in total. The molecule has 1 aliphatic heterocycles. The van der Waals surface area contributed by atoms with E-state index in [9.17, 15) is 18.9 Å². The van der Waals surface area contributed by atoms with Gasteiger partial charge in [0.25, 0.3) is 0 Å². The summed E-state index contributed by atoms with van der Waals surface area (Å²) in [6.07, 6.45) is -1.42. The van der Waals surface area contributed by atoms with Gasteiger partial charge in [0.15, 0.2) is 26.6 Å². The molecule has 58 heavy (non-hydrogen) atoms. The van der Waals surface area contributed by atoms with E-state index in [2.05, 4.69) is 51.7 Å². The number of nitrogens with one attached hydrogen (secondary N) is 1. The van der Waals surface area contributed by atoms with Crippen LogP contribution in [0, 0.1) is 5.92 Å². The molecule has 1 aliphatic rings. The van der Waals surface area contributed by atoms with Crippen molar-refractivity contribution in [3.8, 4) is 0 Å². The lowest BCUT2D eigenvalue weighted by Gasteiger charge is -2.47. The van der Waals surface area contributed by atoms with Crippen LogP contribution in [0.5, 0.6) is 0 Å². The summed E-state index contributed by atoms with van der Waals surface area (Å²) in [6, 6.07) is 24.4. The molecule has 2 unspecified atom stereocenters. The van der Waals surface area contributed by atoms with Crippen molar-refractivity contribution in [2.24, 2.45) is 5.92 Å². The van der Waals surface area contributed by atoms with Crippen LogP contribution in [0.1, 0.15) is 79.0 Å². The molecule has 13 heteroatoms. The Morgan fingerprint density at radius 1 is 0.793 bits per heavy atom. The van der Waals surface area contributed by atoms with Gasteiger partial charge in [-0.15, -0.1) is 29.6 Å². The van der Waals surface area contributed by atoms with Gasteiger partial charge in [-0.05, 0) is 81.7 Å². The minimum absolute atomic E-state index is 0.00927. The molecular weight excluding hydrogens is 791 g/mol. The highest BCUT2D eigenvalue weighted by Crippen LogP contribution is 2.40. The van der Waals surface area contributed by atoms with Crippen LogP contribution >= 0.6 is 11.8 Å². The Bertz CT molecular complexity index is 1800. The van der Waals surface area contributed by atoms with E-state index < -0.39 is 78.2 Å². The minimum Gasteiger partial charge on any atom is -0.598 e. The Hall–Kier alpha value is -3.69. The molecule has 8 atom stereocenters. The van der Waals surface area contributed by atoms with Crippen molar-refractivity contribution in [3.63, 3.8) is 0 Å². The van der Waals surface area contributed by atoms with Crippen LogP contribution in [0.25, 0.3) is 0 Å². The molecule has 3 aromatic rings. The number of carbonyl (C=O) groups excluding carboxylic acids is 3. The summed E-state index contributed by atoms with van der Waals surface area (Å²) in [5, 5.41) is -0.00927. The first-order valence-corrected chi connectivity index (χ1v) is 24.6. The lowest BCUT2D eigenvalue weighted by molar-refractivity contribution is -0.205. The maximum atomic E-state index is 14.0. The molecule has 0 radical (unpaired) electrons. The third-order valence-corrected chi connectivity index (χ3v) is 17.7. The van der Waals surface area contributed by atoms with Crippen LogP contribution in [0.4, 0.5) is 0 Å². The largest absolute Gasteiger partial charge is 0.598 e. The van der Waals surface area contributed by atoms with Crippen LogP contribution in [0.2, 0.25) is 18.1 Å². The minimum atomic E-state index is -2.12. The van der Waals surface area contributed by atoms with Gasteiger partial charge in [0, 0.05) is 29.6 Å². The third kappa shape index (κ3) is 12.9. The summed E-state index contributed by atoms with van der Waals surface area (Å²) in [6.45, 7) is 24.9. The van der Waals surface area contributed by atoms with E-state index in [-0.39, 0.29) is 34.1 Å². The van der Waals surface area contributed by atoms with Crippen molar-refractivity contribution in [2.75, 3.05) is 12.4 Å². The first-order chi connectivity index (χ1) is 27.4. The van der Waals surface area contributed by atoms with Crippen LogP contribution in [-0.2, 0) is 34.7 Å². The zero-order valence-electron chi connectivity index (χ0n) is 34.9. The molecule has 1 heterocycles. The highest BCUT2D eigenvalue weighted by Gasteiger charge is 2.55. The Balaban J connectivity index is 1.86. The Morgan fingerprint density at radius 3 is 1.66 bits per heavy atom. The first kappa shape index (κ1) is 47.0. The Kier molecular flexibility index (Phi) is 17.0. The topological polar surface area (TPSA) is 132 Å². The first-order valence-electron chi connectivity index (χ1n) is 19.5. The number of rotatable bonds is 18. The lowest BCUT2D eigenvalue weighted by atomic mass is 9.92. The summed E-state index contributed by atoms with van der Waals surface area (Å²) in [7, 11) is -2.12. The van der Waals surface area contributed by atoms with Crippen molar-refractivity contribution in [3.05, 3.63) is 133 Å². The summed E-state index contributed by atoms with van der Waals surface area (Å²) < 4.78 is 48.7. The number of hydrogen-bond acceptors (Lipinski definition) is 11. The fourth-order valence-corrected chi connectivity index (χ4v) is 8.86. The normalized spacial score (nSPS) is 21.5. The predicted octanol–water partition coefficient (Wildman–Crippen LogP) is 8.94. The monoisotopic (exact) mass is 849 g/mol. The van der Waals surface area contributed by atoms with Gasteiger partial charge >= 0.3 is 17.9 Å². The molecule has 0 amide bonds. The number of benzene rings is 3. The van der Waals surface area contributed by atoms with Crippen molar-refractivity contribution in [1.29, 1.82) is 0 Å². The number of esters is 3. The van der Waals surface area contributed by atoms with Gasteiger partial charge in [0.1, 0.15) is 16.3 Å². The SMILES string of the molecule is C=CCC(N[S@+]([O-])C(C)(C)C)[C@H]1O[C@H](SCC(C=C)CO[Si](C)(C)C(C)(C)C)[C@H](OC(=O)c2ccccc2)[C@@H](OC(=O)c2ccccc2)[C@H]1OC(=O)c1ccccc1. The van der Waals surface area contributed by atoms with Gasteiger partial charge in [-0.3, -0.25) is 0 Å². The fourth-order valence-electron chi connectivity index (χ4n) is 5.66. The van der Waals surface area contributed by atoms with E-state index in [1.54, 1.807) is 97.1 Å². The average molecular weight is 850 g/mol. The molecule has 0 spiro atoms. The van der Waals surface area contributed by atoms with Crippen LogP contribution in [0.15, 0.2) is 116 Å². The molecular formula is C45H59NO9S2Si. The zero-order chi connectivity index (χ0) is 42.7. The van der Waals surface area contributed by atoms with Gasteiger partial charge in [-0.2, -0.15) is 0 Å². The number of thioether (sulfide) groups is 1. The maximum absolute atomic E-state index is 14.0. The molecule has 0 aliphatic carbocycles. The highest BCUT2D eigenvalue weighted by atomic mass is 32.2. The van der Waals surface area contributed by atoms with Gasteiger partial charge in [-0.25, -0.2) is 14.4 Å². The Labute approximate surface area is 352 Å². The molecule has 314 valence electrons. The summed E-state index contributed by atoms with van der Waals surface area (Å²) in [4.78, 5) is 42.0. The van der Waals surface area contributed by atoms with Gasteiger partial charge < -0.3 is 27.9 Å². The van der Waals surface area contributed by atoms with Crippen molar-refractivity contribution < 1.29 is 42.3 Å². The van der Waals surface area contributed by atoms with E-state index in [1.165, 1.54) is 11.8 Å². The number of hydrogen-bond donors (Lipinski definition) is 1. The smallest absolute Gasteiger partial charge is 0.338 e. The summed E-state index contributed by atoms with van der Waals surface area (Å²) in [5.74, 6) is -1.85. The average Bonchev–Trinajstić information content (AvgIpc) is 3.19. The second-order valence-electron chi connectivity index (χ2n) is 16.7. The van der Waals surface area contributed by atoms with Crippen molar-refractivity contribution in [2.45, 2.75) is 107 Å². The predicted molar refractivity (Wildman–Crippen MR) is 235 cm³/mol. The van der Waals surface area contributed by atoms with Crippen molar-refractivity contribution in [1.82, 2.24) is 4.72 Å². The van der Waals surface area contributed by atoms with Crippen LogP contribution in [-0.4, -0.2) is 83.8 Å². The van der Waals surface area contributed by atoms with Crippen LogP contribution < -0.4 is 4.72 Å². The molecule has 3 aromatic carbocycles. The van der Waals surface area contributed by atoms with E-state index in [0.717, 1.165) is 0 Å². The second-order valence-corrected chi connectivity index (χ2v) is 24.6.